The van der Waals surface area contributed by atoms with Gasteiger partial charge < -0.3 is 40.5 Å². The van der Waals surface area contributed by atoms with Crippen molar-refractivity contribution < 1.29 is 91.4 Å². The minimum Gasteiger partial charge on any atom is -0.479 e. The molecule has 19 heteroatoms. The van der Waals surface area contributed by atoms with E-state index in [9.17, 15) is 48.0 Å². The molecule has 0 bridgehead atoms. The third-order valence-corrected chi connectivity index (χ3v) is 6.78. The van der Waals surface area contributed by atoms with Crippen molar-refractivity contribution in [2.24, 2.45) is 0 Å². The van der Waals surface area contributed by atoms with Crippen LogP contribution in [0.15, 0.2) is 54.7 Å². The number of benzene rings is 2. The molecule has 5 unspecified atom stereocenters. The number of aliphatic hydroxyl groups is 3. The average molecular weight is 682 g/mol. The molecule has 1 aliphatic heterocycles. The first-order valence-electron chi connectivity index (χ1n) is 12.7. The van der Waals surface area contributed by atoms with E-state index in [1.807, 2.05) is 0 Å². The first-order valence-corrected chi connectivity index (χ1v) is 13.0. The van der Waals surface area contributed by atoms with Crippen LogP contribution in [0.2, 0.25) is 5.02 Å². The second-order valence-corrected chi connectivity index (χ2v) is 9.83. The molecule has 6 N–H and O–H groups in total. The molecular formula is C27H23ClF4N4NaO9+. The number of aromatic nitrogens is 1. The predicted molar refractivity (Wildman–Crippen MR) is 146 cm³/mol. The van der Waals surface area contributed by atoms with Gasteiger partial charge >= 0.3 is 47.7 Å². The van der Waals surface area contributed by atoms with Crippen molar-refractivity contribution in [2.75, 3.05) is 17.3 Å². The molecule has 2 heterocycles. The van der Waals surface area contributed by atoms with E-state index in [2.05, 4.69) is 15.6 Å². The van der Waals surface area contributed by atoms with Crippen LogP contribution in [0.3, 0.4) is 0 Å². The largest absolute Gasteiger partial charge is 1.00 e. The van der Waals surface area contributed by atoms with Gasteiger partial charge in [-0.1, -0.05) is 11.6 Å². The predicted octanol–water partition coefficient (Wildman–Crippen LogP) is -0.0205. The third-order valence-electron chi connectivity index (χ3n) is 6.45. The molecule has 1 aromatic heterocycles. The SMILES string of the molecule is CNC(=O)c1cc(Oc2ccc(NC(=O)N(c3ccc(Cl)c(C(F)(F)F)c3)C3OC(C(=O)O)C(O)C(O)C3O)c(F)c2)ccn1.[Na+]. The number of nitrogens with one attached hydrogen (secondary N) is 2. The number of carbonyl (C=O) groups excluding carboxylic acids is 2. The molecule has 5 atom stereocenters. The van der Waals surface area contributed by atoms with Crippen molar-refractivity contribution in [1.29, 1.82) is 0 Å². The van der Waals surface area contributed by atoms with E-state index < -0.39 is 82.5 Å². The Bertz CT molecular complexity index is 1620. The Morgan fingerprint density at radius 1 is 1.00 bits per heavy atom. The van der Waals surface area contributed by atoms with Gasteiger partial charge in [0.25, 0.3) is 5.91 Å². The first kappa shape index (κ1) is 36.9. The Kier molecular flexibility index (Phi) is 12.0. The first-order chi connectivity index (χ1) is 21.1. The van der Waals surface area contributed by atoms with Gasteiger partial charge in [-0.15, -0.1) is 0 Å². The molecule has 0 saturated carbocycles. The van der Waals surface area contributed by atoms with E-state index in [0.717, 1.165) is 24.3 Å². The number of urea groups is 1. The molecule has 1 saturated heterocycles. The molecule has 46 heavy (non-hydrogen) atoms. The van der Waals surface area contributed by atoms with Gasteiger partial charge in [0.15, 0.2) is 12.3 Å². The van der Waals surface area contributed by atoms with E-state index in [0.29, 0.717) is 11.0 Å². The quantitative estimate of drug-likeness (QED) is 0.146. The second-order valence-electron chi connectivity index (χ2n) is 9.42. The number of aliphatic carboxylic acids is 1. The molecule has 0 spiro atoms. The Morgan fingerprint density at radius 3 is 2.28 bits per heavy atom. The van der Waals surface area contributed by atoms with Crippen LogP contribution in [-0.2, 0) is 15.7 Å². The number of carboxylic acid groups (broad SMARTS) is 1. The molecule has 3 amide bonds. The topological polar surface area (TPSA) is 191 Å². The molecular weight excluding hydrogens is 659 g/mol. The van der Waals surface area contributed by atoms with Gasteiger partial charge in [0.05, 0.1) is 16.3 Å². The minimum atomic E-state index is -5.03. The molecule has 1 aliphatic rings. The van der Waals surface area contributed by atoms with Crippen LogP contribution in [0.1, 0.15) is 16.1 Å². The Balaban J connectivity index is 0.00000576. The monoisotopic (exact) mass is 681 g/mol. The van der Waals surface area contributed by atoms with E-state index in [1.165, 1.54) is 31.4 Å². The Labute approximate surface area is 284 Å². The normalized spacial score (nSPS) is 21.0. The van der Waals surface area contributed by atoms with Crippen LogP contribution < -0.4 is 49.8 Å². The van der Waals surface area contributed by atoms with Crippen LogP contribution in [-0.4, -0.2) is 81.0 Å². The molecule has 4 rings (SSSR count). The summed E-state index contributed by atoms with van der Waals surface area (Å²) in [7, 11) is 1.39. The zero-order chi connectivity index (χ0) is 33.2. The van der Waals surface area contributed by atoms with Gasteiger partial charge in [-0.05, 0) is 36.4 Å². The summed E-state index contributed by atoms with van der Waals surface area (Å²) in [4.78, 5) is 41.1. The van der Waals surface area contributed by atoms with E-state index >= 15 is 4.39 Å². The molecule has 1 fully saturated rings. The summed E-state index contributed by atoms with van der Waals surface area (Å²) >= 11 is 5.69. The van der Waals surface area contributed by atoms with Gasteiger partial charge in [0.2, 0.25) is 0 Å². The number of carbonyl (C=O) groups is 3. The number of carboxylic acids is 1. The standard InChI is InChI=1S/C27H23ClF4N4O9.Na/c1-33-23(40)18-10-13(6-7-34-18)44-12-3-5-17(16(29)9-12)35-26(43)36(11-2-4-15(28)14(8-11)27(30,31)32)24-21(39)19(37)20(38)22(45-24)25(41)42;/h2-10,19-22,24,37-39H,1H3,(H,33,40)(H,35,43)(H,41,42);/q;+1. The van der Waals surface area contributed by atoms with E-state index in [4.69, 9.17) is 21.1 Å². The maximum atomic E-state index is 15.1. The zero-order valence-corrected chi connectivity index (χ0v) is 26.5. The molecule has 13 nitrogen and oxygen atoms in total. The Morgan fingerprint density at radius 2 is 1.67 bits per heavy atom. The average Bonchev–Trinajstić information content (AvgIpc) is 2.98. The number of ether oxygens (including phenoxy) is 2. The van der Waals surface area contributed by atoms with E-state index in [1.54, 1.807) is 0 Å². The summed E-state index contributed by atoms with van der Waals surface area (Å²) in [5, 5.41) is 44.1. The number of alkyl halides is 3. The van der Waals surface area contributed by atoms with Gasteiger partial charge in [-0.25, -0.2) is 14.0 Å². The number of pyridine rings is 1. The van der Waals surface area contributed by atoms with Crippen molar-refractivity contribution >= 4 is 40.9 Å². The molecule has 0 radical (unpaired) electrons. The fraction of sp³-hybridized carbons (Fsp3) is 0.259. The second kappa shape index (κ2) is 14.9. The Hall–Kier alpha value is -3.55. The number of aliphatic hydroxyl groups excluding tert-OH is 3. The van der Waals surface area contributed by atoms with Crippen LogP contribution >= 0.6 is 11.6 Å². The van der Waals surface area contributed by atoms with E-state index in [-0.39, 0.29) is 46.8 Å². The summed E-state index contributed by atoms with van der Waals surface area (Å²) in [6, 6.07) is 6.30. The number of rotatable bonds is 7. The number of amides is 3. The number of halogens is 5. The smallest absolute Gasteiger partial charge is 0.479 e. The van der Waals surface area contributed by atoms with Crippen LogP contribution in [0.4, 0.5) is 33.7 Å². The third kappa shape index (κ3) is 8.05. The maximum absolute atomic E-state index is 15.1. The summed E-state index contributed by atoms with van der Waals surface area (Å²) in [6.45, 7) is 0. The molecule has 2 aromatic carbocycles. The van der Waals surface area contributed by atoms with Crippen molar-refractivity contribution in [2.45, 2.75) is 36.8 Å². The maximum Gasteiger partial charge on any atom is 1.00 e. The summed E-state index contributed by atoms with van der Waals surface area (Å²) in [5.41, 5.74) is -2.64. The van der Waals surface area contributed by atoms with Gasteiger partial charge in [-0.3, -0.25) is 14.7 Å². The zero-order valence-electron chi connectivity index (χ0n) is 23.7. The number of anilines is 2. The summed E-state index contributed by atoms with van der Waals surface area (Å²) in [5.74, 6) is -3.45. The van der Waals surface area contributed by atoms with Crippen LogP contribution in [0.5, 0.6) is 11.5 Å². The van der Waals surface area contributed by atoms with Crippen molar-refractivity contribution in [3.05, 3.63) is 76.8 Å². The fourth-order valence-corrected chi connectivity index (χ4v) is 4.46. The number of hydrogen-bond donors (Lipinski definition) is 6. The van der Waals surface area contributed by atoms with Crippen LogP contribution in [0.25, 0.3) is 0 Å². The van der Waals surface area contributed by atoms with Crippen molar-refractivity contribution in [3.63, 3.8) is 0 Å². The van der Waals surface area contributed by atoms with Crippen molar-refractivity contribution in [1.82, 2.24) is 10.3 Å². The summed E-state index contributed by atoms with van der Waals surface area (Å²) in [6.07, 6.45) is -14.9. The summed E-state index contributed by atoms with van der Waals surface area (Å²) < 4.78 is 66.8. The number of nitrogens with zero attached hydrogens (tertiary/aromatic N) is 2. The molecule has 240 valence electrons. The minimum absolute atomic E-state index is 0. The van der Waals surface area contributed by atoms with Gasteiger partial charge in [-0.2, -0.15) is 13.2 Å². The fourth-order valence-electron chi connectivity index (χ4n) is 4.24. The molecule has 3 aromatic rings. The molecule has 0 aliphatic carbocycles. The van der Waals surface area contributed by atoms with Gasteiger partial charge in [0, 0.05) is 31.1 Å². The van der Waals surface area contributed by atoms with Gasteiger partial charge in [0.1, 0.15) is 41.3 Å². The van der Waals surface area contributed by atoms with Crippen LogP contribution in [0, 0.1) is 5.82 Å². The van der Waals surface area contributed by atoms with Crippen molar-refractivity contribution in [3.8, 4) is 11.5 Å². The number of hydrogen-bond acceptors (Lipinski definition) is 9.